The van der Waals surface area contributed by atoms with E-state index >= 15 is 0 Å². The van der Waals surface area contributed by atoms with Crippen LogP contribution in [0.1, 0.15) is 32.1 Å². The number of hydrogen-bond donors (Lipinski definition) is 2. The molecule has 0 aromatic heterocycles. The zero-order valence-corrected chi connectivity index (χ0v) is 9.64. The summed E-state index contributed by atoms with van der Waals surface area (Å²) in [6.45, 7) is 0. The minimum atomic E-state index is -0.104. The topological polar surface area (TPSA) is 32.3 Å². The van der Waals surface area contributed by atoms with Crippen molar-refractivity contribution in [1.82, 2.24) is 5.32 Å². The molecule has 0 aromatic rings. The fourth-order valence-corrected chi connectivity index (χ4v) is 1.62. The Labute approximate surface area is 89.0 Å². The highest BCUT2D eigenvalue weighted by atomic mass is 32.1. The van der Waals surface area contributed by atoms with Crippen molar-refractivity contribution in [2.24, 2.45) is 0 Å². The summed E-state index contributed by atoms with van der Waals surface area (Å²) in [6.07, 6.45) is 5.76. The van der Waals surface area contributed by atoms with Gasteiger partial charge in [0, 0.05) is 6.04 Å². The lowest BCUT2D eigenvalue weighted by molar-refractivity contribution is 0.124. The highest BCUT2D eigenvalue weighted by Crippen LogP contribution is 2.17. The van der Waals surface area contributed by atoms with Crippen LogP contribution in [0.15, 0.2) is 0 Å². The van der Waals surface area contributed by atoms with E-state index in [9.17, 15) is 5.11 Å². The second kappa shape index (κ2) is 8.23. The van der Waals surface area contributed by atoms with Gasteiger partial charge in [-0.15, -0.1) is 0 Å². The van der Waals surface area contributed by atoms with Gasteiger partial charge in [-0.25, -0.2) is 0 Å². The third kappa shape index (κ3) is 4.60. The van der Waals surface area contributed by atoms with Crippen molar-refractivity contribution >= 4 is 27.0 Å². The molecule has 1 rings (SSSR count). The molecule has 1 fully saturated rings. The number of nitrogens with one attached hydrogen (secondary N) is 1. The van der Waals surface area contributed by atoms with Crippen LogP contribution >= 0.6 is 27.0 Å². The fraction of sp³-hybridized carbons (Fsp3) is 1.00. The molecule has 1 aliphatic carbocycles. The Balaban J connectivity index is 0. The van der Waals surface area contributed by atoms with E-state index in [1.165, 1.54) is 19.3 Å². The van der Waals surface area contributed by atoms with Gasteiger partial charge in [0.05, 0.1) is 6.10 Å². The molecule has 1 aliphatic rings. The maximum absolute atomic E-state index is 9.49. The van der Waals surface area contributed by atoms with Crippen molar-refractivity contribution in [3.05, 3.63) is 0 Å². The molecule has 0 bridgehead atoms. The molecule has 0 aliphatic heterocycles. The average molecular weight is 211 g/mol. The summed E-state index contributed by atoms with van der Waals surface area (Å²) in [5.41, 5.74) is 0. The maximum atomic E-state index is 9.49. The van der Waals surface area contributed by atoms with Crippen LogP contribution < -0.4 is 5.32 Å². The van der Waals surface area contributed by atoms with Crippen molar-refractivity contribution in [3.63, 3.8) is 0 Å². The molecule has 4 heteroatoms. The first kappa shape index (κ1) is 15.1. The van der Waals surface area contributed by atoms with Gasteiger partial charge in [-0.1, -0.05) is 19.3 Å². The molecule has 0 radical (unpaired) electrons. The van der Waals surface area contributed by atoms with Gasteiger partial charge >= 0.3 is 0 Å². The average Bonchev–Trinajstić information content (AvgIpc) is 2.13. The Bertz CT molecular complexity index is 103. The van der Waals surface area contributed by atoms with Crippen molar-refractivity contribution in [1.29, 1.82) is 0 Å². The predicted molar refractivity (Wildman–Crippen MR) is 62.7 cm³/mol. The monoisotopic (exact) mass is 211 g/mol. The van der Waals surface area contributed by atoms with Crippen LogP contribution in [0.5, 0.6) is 0 Å². The number of hydrogen-bond acceptors (Lipinski definition) is 2. The van der Waals surface area contributed by atoms with Crippen molar-refractivity contribution < 1.29 is 5.11 Å². The van der Waals surface area contributed by atoms with E-state index in [-0.39, 0.29) is 33.1 Å². The predicted octanol–water partition coefficient (Wildman–Crippen LogP) is 1.13. The normalized spacial score (nSPS) is 29.5. The first-order valence-electron chi connectivity index (χ1n) is 4.20. The smallest absolute Gasteiger partial charge is 0.0693 e. The molecule has 0 unspecified atom stereocenters. The minimum absolute atomic E-state index is 0. The zero-order valence-electron chi connectivity index (χ0n) is 7.64. The molecule has 0 saturated heterocycles. The molecule has 0 amide bonds. The van der Waals surface area contributed by atoms with E-state index in [0.717, 1.165) is 12.8 Å². The molecule has 76 valence electrons. The van der Waals surface area contributed by atoms with Crippen LogP contribution in [-0.2, 0) is 0 Å². The van der Waals surface area contributed by atoms with Gasteiger partial charge in [0.2, 0.25) is 0 Å². The number of aliphatic hydroxyl groups excluding tert-OH is 1. The molecule has 1 saturated carbocycles. The van der Waals surface area contributed by atoms with Gasteiger partial charge in [-0.05, 0) is 19.9 Å². The highest BCUT2D eigenvalue weighted by Gasteiger charge is 2.18. The number of likely N-dealkylation sites (N-methyl/N-ethyl adjacent to an activating group) is 1. The number of rotatable bonds is 1. The van der Waals surface area contributed by atoms with Gasteiger partial charge in [0.15, 0.2) is 0 Å². The molecular formula is C8H21NOS2. The summed E-state index contributed by atoms with van der Waals surface area (Å²) in [7, 11) is 1.93. The van der Waals surface area contributed by atoms with E-state index in [1.807, 2.05) is 7.05 Å². The van der Waals surface area contributed by atoms with Crippen LogP contribution in [0.4, 0.5) is 0 Å². The second-order valence-corrected chi connectivity index (χ2v) is 3.10. The molecule has 0 spiro atoms. The second-order valence-electron chi connectivity index (χ2n) is 3.10. The van der Waals surface area contributed by atoms with E-state index in [2.05, 4.69) is 5.32 Å². The van der Waals surface area contributed by atoms with Crippen LogP contribution in [0, 0.1) is 0 Å². The SMILES string of the molecule is CN[C@H]1CCCCC[C@@H]1O.S.S. The molecular weight excluding hydrogens is 190 g/mol. The molecule has 0 heterocycles. The Kier molecular flexibility index (Phi) is 10.4. The number of aliphatic hydroxyl groups is 1. The van der Waals surface area contributed by atoms with E-state index in [1.54, 1.807) is 0 Å². The van der Waals surface area contributed by atoms with Crippen molar-refractivity contribution in [2.75, 3.05) is 7.05 Å². The maximum Gasteiger partial charge on any atom is 0.0693 e. The standard InChI is InChI=1S/C8H17NO.2H2S/c1-9-7-5-3-2-4-6-8(7)10;;/h7-10H,2-6H2,1H3;2*1H2/t7-,8-;;/m0../s1. The lowest BCUT2D eigenvalue weighted by Gasteiger charge is -2.18. The zero-order chi connectivity index (χ0) is 7.40. The van der Waals surface area contributed by atoms with Crippen LogP contribution in [0.3, 0.4) is 0 Å². The van der Waals surface area contributed by atoms with Crippen molar-refractivity contribution in [2.45, 2.75) is 44.2 Å². The van der Waals surface area contributed by atoms with E-state index < -0.39 is 0 Å². The van der Waals surface area contributed by atoms with Crippen LogP contribution in [0.25, 0.3) is 0 Å². The van der Waals surface area contributed by atoms with Gasteiger partial charge in [0.1, 0.15) is 0 Å². The van der Waals surface area contributed by atoms with Gasteiger partial charge in [-0.3, -0.25) is 0 Å². The first-order chi connectivity index (χ1) is 4.84. The highest BCUT2D eigenvalue weighted by molar-refractivity contribution is 7.59. The third-order valence-corrected chi connectivity index (χ3v) is 2.35. The fourth-order valence-electron chi connectivity index (χ4n) is 1.62. The molecule has 12 heavy (non-hydrogen) atoms. The lowest BCUT2D eigenvalue weighted by Crippen LogP contribution is -2.36. The van der Waals surface area contributed by atoms with Gasteiger partial charge < -0.3 is 10.4 Å². The Morgan fingerprint density at radius 1 is 1.08 bits per heavy atom. The van der Waals surface area contributed by atoms with Gasteiger partial charge in [0.25, 0.3) is 0 Å². The van der Waals surface area contributed by atoms with E-state index in [0.29, 0.717) is 6.04 Å². The largest absolute Gasteiger partial charge is 0.392 e. The quantitative estimate of drug-likeness (QED) is 0.637. The van der Waals surface area contributed by atoms with E-state index in [4.69, 9.17) is 0 Å². The lowest BCUT2D eigenvalue weighted by atomic mass is 10.1. The minimum Gasteiger partial charge on any atom is -0.392 e. The summed E-state index contributed by atoms with van der Waals surface area (Å²) in [5.74, 6) is 0. The summed E-state index contributed by atoms with van der Waals surface area (Å²) >= 11 is 0. The van der Waals surface area contributed by atoms with Crippen LogP contribution in [-0.4, -0.2) is 24.3 Å². The Hall–Kier alpha value is 0.620. The molecule has 0 aromatic carbocycles. The van der Waals surface area contributed by atoms with Crippen molar-refractivity contribution in [3.8, 4) is 0 Å². The third-order valence-electron chi connectivity index (χ3n) is 2.35. The first-order valence-corrected chi connectivity index (χ1v) is 4.20. The molecule has 2 N–H and O–H groups in total. The molecule has 2 nitrogen and oxygen atoms in total. The summed E-state index contributed by atoms with van der Waals surface area (Å²) in [4.78, 5) is 0. The van der Waals surface area contributed by atoms with Crippen LogP contribution in [0.2, 0.25) is 0 Å². The summed E-state index contributed by atoms with van der Waals surface area (Å²) in [6, 6.07) is 0.350. The summed E-state index contributed by atoms with van der Waals surface area (Å²) < 4.78 is 0. The Morgan fingerprint density at radius 2 is 1.67 bits per heavy atom. The molecule has 2 atom stereocenters. The Morgan fingerprint density at radius 3 is 2.25 bits per heavy atom. The summed E-state index contributed by atoms with van der Waals surface area (Å²) in [5, 5.41) is 12.6. The van der Waals surface area contributed by atoms with Gasteiger partial charge in [-0.2, -0.15) is 27.0 Å².